The van der Waals surface area contributed by atoms with E-state index in [2.05, 4.69) is 10.6 Å². The van der Waals surface area contributed by atoms with E-state index < -0.39 is 11.8 Å². The van der Waals surface area contributed by atoms with Crippen LogP contribution in [0, 0.1) is 27.7 Å². The van der Waals surface area contributed by atoms with Crippen LogP contribution in [-0.4, -0.2) is 17.7 Å². The van der Waals surface area contributed by atoms with Crippen molar-refractivity contribution in [3.05, 3.63) is 94.2 Å². The van der Waals surface area contributed by atoms with E-state index in [0.29, 0.717) is 22.5 Å². The molecule has 34 heavy (non-hydrogen) atoms. The molecule has 0 saturated carbocycles. The highest BCUT2D eigenvalue weighted by molar-refractivity contribution is 6.46. The van der Waals surface area contributed by atoms with Crippen molar-refractivity contribution in [3.8, 4) is 0 Å². The SMILES string of the molecule is CC(=O)Nc1ccc(C2=C(Nc3ccc(C)cc3C)C(=O)N(c3cc(C)cc(C)c3)C2=O)cc1. The molecule has 0 aromatic heterocycles. The van der Waals surface area contributed by atoms with Gasteiger partial charge in [0.05, 0.1) is 11.3 Å². The van der Waals surface area contributed by atoms with E-state index >= 15 is 0 Å². The zero-order chi connectivity index (χ0) is 24.6. The molecule has 0 bridgehead atoms. The molecule has 1 aliphatic rings. The van der Waals surface area contributed by atoms with E-state index in [1.807, 2.05) is 64.1 Å². The van der Waals surface area contributed by atoms with Gasteiger partial charge in [-0.25, -0.2) is 4.90 Å². The van der Waals surface area contributed by atoms with Gasteiger partial charge in [0, 0.05) is 18.3 Å². The third kappa shape index (κ3) is 4.48. The molecular formula is C28H27N3O3. The van der Waals surface area contributed by atoms with Gasteiger partial charge in [-0.1, -0.05) is 35.9 Å². The molecule has 0 radical (unpaired) electrons. The highest BCUT2D eigenvalue weighted by Gasteiger charge is 2.40. The average Bonchev–Trinajstić information content (AvgIpc) is 2.99. The van der Waals surface area contributed by atoms with Gasteiger partial charge in [0.2, 0.25) is 5.91 Å². The first-order chi connectivity index (χ1) is 16.1. The molecule has 3 amide bonds. The maximum absolute atomic E-state index is 13.7. The summed E-state index contributed by atoms with van der Waals surface area (Å²) < 4.78 is 0. The Balaban J connectivity index is 1.82. The summed E-state index contributed by atoms with van der Waals surface area (Å²) in [7, 11) is 0. The van der Waals surface area contributed by atoms with Crippen LogP contribution in [0.15, 0.2) is 66.4 Å². The summed E-state index contributed by atoms with van der Waals surface area (Å²) in [5.74, 6) is -0.984. The largest absolute Gasteiger partial charge is 0.350 e. The van der Waals surface area contributed by atoms with Crippen LogP contribution >= 0.6 is 0 Å². The molecule has 0 aliphatic carbocycles. The maximum atomic E-state index is 13.7. The molecule has 0 spiro atoms. The van der Waals surface area contributed by atoms with Crippen molar-refractivity contribution < 1.29 is 14.4 Å². The Morgan fingerprint density at radius 2 is 1.41 bits per heavy atom. The molecule has 0 atom stereocenters. The third-order valence-electron chi connectivity index (χ3n) is 5.68. The van der Waals surface area contributed by atoms with Crippen LogP contribution in [0.5, 0.6) is 0 Å². The molecule has 1 heterocycles. The molecular weight excluding hydrogens is 426 g/mol. The lowest BCUT2D eigenvalue weighted by molar-refractivity contribution is -0.120. The van der Waals surface area contributed by atoms with Crippen LogP contribution in [0.1, 0.15) is 34.7 Å². The fourth-order valence-electron chi connectivity index (χ4n) is 4.24. The van der Waals surface area contributed by atoms with Gasteiger partial charge >= 0.3 is 0 Å². The number of aryl methyl sites for hydroxylation is 4. The van der Waals surface area contributed by atoms with Gasteiger partial charge in [0.25, 0.3) is 11.8 Å². The Bertz CT molecular complexity index is 1330. The third-order valence-corrected chi connectivity index (χ3v) is 5.68. The number of hydrogen-bond acceptors (Lipinski definition) is 4. The first-order valence-corrected chi connectivity index (χ1v) is 11.1. The first kappa shape index (κ1) is 23.0. The monoisotopic (exact) mass is 453 g/mol. The number of benzene rings is 3. The van der Waals surface area contributed by atoms with Gasteiger partial charge in [0.1, 0.15) is 5.70 Å². The van der Waals surface area contributed by atoms with Crippen molar-refractivity contribution in [3.63, 3.8) is 0 Å². The fourth-order valence-corrected chi connectivity index (χ4v) is 4.24. The van der Waals surface area contributed by atoms with Crippen LogP contribution in [0.25, 0.3) is 5.57 Å². The zero-order valence-corrected chi connectivity index (χ0v) is 19.9. The predicted molar refractivity (Wildman–Crippen MR) is 136 cm³/mol. The lowest BCUT2D eigenvalue weighted by Crippen LogP contribution is -2.32. The summed E-state index contributed by atoms with van der Waals surface area (Å²) in [6, 6.07) is 18.5. The number of nitrogens with one attached hydrogen (secondary N) is 2. The van der Waals surface area contributed by atoms with Gasteiger partial charge in [-0.2, -0.15) is 0 Å². The van der Waals surface area contributed by atoms with Gasteiger partial charge in [-0.15, -0.1) is 0 Å². The molecule has 3 aromatic rings. The van der Waals surface area contributed by atoms with Gasteiger partial charge in [0.15, 0.2) is 0 Å². The normalized spacial score (nSPS) is 13.5. The summed E-state index contributed by atoms with van der Waals surface area (Å²) in [5, 5.41) is 5.96. The first-order valence-electron chi connectivity index (χ1n) is 11.1. The van der Waals surface area contributed by atoms with E-state index in [1.165, 1.54) is 11.8 Å². The summed E-state index contributed by atoms with van der Waals surface area (Å²) in [5.41, 5.74) is 7.03. The zero-order valence-electron chi connectivity index (χ0n) is 19.9. The molecule has 2 N–H and O–H groups in total. The number of carbonyl (C=O) groups is 3. The standard InChI is InChI=1S/C28H27N3O3/c1-16-6-11-24(19(4)13-16)30-26-25(21-7-9-22(10-8-21)29-20(5)32)27(33)31(28(26)34)23-14-17(2)12-18(3)15-23/h6-15,30H,1-5H3,(H,29,32). The summed E-state index contributed by atoms with van der Waals surface area (Å²) in [4.78, 5) is 39.9. The van der Waals surface area contributed by atoms with Crippen LogP contribution < -0.4 is 15.5 Å². The molecule has 1 aliphatic heterocycles. The van der Waals surface area contributed by atoms with Gasteiger partial charge in [-0.3, -0.25) is 14.4 Å². The molecule has 4 rings (SSSR count). The molecule has 6 nitrogen and oxygen atoms in total. The van der Waals surface area contributed by atoms with E-state index in [1.54, 1.807) is 24.3 Å². The highest BCUT2D eigenvalue weighted by Crippen LogP contribution is 2.35. The Labute approximate surface area is 199 Å². The number of nitrogens with zero attached hydrogens (tertiary/aromatic N) is 1. The van der Waals surface area contributed by atoms with Crippen LogP contribution in [0.3, 0.4) is 0 Å². The number of imide groups is 1. The van der Waals surface area contributed by atoms with Crippen LogP contribution in [-0.2, 0) is 14.4 Å². The number of hydrogen-bond donors (Lipinski definition) is 2. The molecule has 172 valence electrons. The van der Waals surface area contributed by atoms with Gasteiger partial charge in [-0.05, 0) is 80.3 Å². The van der Waals surface area contributed by atoms with Crippen molar-refractivity contribution in [2.45, 2.75) is 34.6 Å². The second kappa shape index (κ2) is 8.98. The minimum atomic E-state index is -0.407. The van der Waals surface area contributed by atoms with E-state index in [9.17, 15) is 14.4 Å². The maximum Gasteiger partial charge on any atom is 0.282 e. The minimum Gasteiger partial charge on any atom is -0.350 e. The predicted octanol–water partition coefficient (Wildman–Crippen LogP) is 5.28. The van der Waals surface area contributed by atoms with Crippen LogP contribution in [0.4, 0.5) is 17.1 Å². The van der Waals surface area contributed by atoms with Crippen molar-refractivity contribution in [1.82, 2.24) is 0 Å². The topological polar surface area (TPSA) is 78.5 Å². The number of anilines is 3. The highest BCUT2D eigenvalue weighted by atomic mass is 16.2. The molecule has 6 heteroatoms. The Hall–Kier alpha value is -4.19. The van der Waals surface area contributed by atoms with E-state index in [-0.39, 0.29) is 11.6 Å². The Kier molecular flexibility index (Phi) is 6.07. The summed E-state index contributed by atoms with van der Waals surface area (Å²) >= 11 is 0. The molecule has 3 aromatic carbocycles. The van der Waals surface area contributed by atoms with Crippen molar-refractivity contribution in [2.75, 3.05) is 15.5 Å². The number of amides is 3. The fraction of sp³-hybridized carbons (Fsp3) is 0.179. The summed E-state index contributed by atoms with van der Waals surface area (Å²) in [6.45, 7) is 9.27. The van der Waals surface area contributed by atoms with Gasteiger partial charge < -0.3 is 10.6 Å². The molecule has 0 fully saturated rings. The van der Waals surface area contributed by atoms with E-state index in [0.717, 1.165) is 27.9 Å². The van der Waals surface area contributed by atoms with Crippen molar-refractivity contribution in [1.29, 1.82) is 0 Å². The minimum absolute atomic E-state index is 0.183. The van der Waals surface area contributed by atoms with E-state index in [4.69, 9.17) is 0 Å². The average molecular weight is 454 g/mol. The Morgan fingerprint density at radius 1 is 0.765 bits per heavy atom. The lowest BCUT2D eigenvalue weighted by Gasteiger charge is -2.17. The second-order valence-electron chi connectivity index (χ2n) is 8.74. The smallest absolute Gasteiger partial charge is 0.282 e. The second-order valence-corrected chi connectivity index (χ2v) is 8.74. The molecule has 0 unspecified atom stereocenters. The number of rotatable bonds is 5. The quantitative estimate of drug-likeness (QED) is 0.516. The van der Waals surface area contributed by atoms with Crippen molar-refractivity contribution >= 4 is 40.4 Å². The lowest BCUT2D eigenvalue weighted by atomic mass is 10.0. The van der Waals surface area contributed by atoms with Crippen LogP contribution in [0.2, 0.25) is 0 Å². The summed E-state index contributed by atoms with van der Waals surface area (Å²) in [6.07, 6.45) is 0. The molecule has 0 saturated heterocycles. The number of carbonyl (C=O) groups excluding carboxylic acids is 3. The Morgan fingerprint density at radius 3 is 2.00 bits per heavy atom. The van der Waals surface area contributed by atoms with Crippen molar-refractivity contribution in [2.24, 2.45) is 0 Å².